The molecule has 1 fully saturated rings. The van der Waals surface area contributed by atoms with Gasteiger partial charge in [-0.25, -0.2) is 4.90 Å². The number of imide groups is 1. The molecule has 0 N–H and O–H groups in total. The van der Waals surface area contributed by atoms with Gasteiger partial charge in [-0.15, -0.1) is 10.2 Å². The largest absolute Gasteiger partial charge is 0.274 e. The highest BCUT2D eigenvalue weighted by Gasteiger charge is 2.40. The number of benzene rings is 1. The molecule has 96 valence electrons. The van der Waals surface area contributed by atoms with Crippen molar-refractivity contribution in [3.05, 3.63) is 41.4 Å². The second-order valence-electron chi connectivity index (χ2n) is 4.38. The molecule has 5 nitrogen and oxygen atoms in total. The van der Waals surface area contributed by atoms with E-state index in [1.807, 2.05) is 30.3 Å². The first-order valence-corrected chi connectivity index (χ1v) is 6.80. The van der Waals surface area contributed by atoms with E-state index in [1.165, 1.54) is 16.8 Å². The summed E-state index contributed by atoms with van der Waals surface area (Å²) in [5.74, 6) is -0.660. The molecule has 1 aliphatic heterocycles. The molecule has 2 amide bonds. The second kappa shape index (κ2) is 4.89. The Balaban J connectivity index is 1.79. The molecule has 1 saturated heterocycles. The first kappa shape index (κ1) is 12.0. The zero-order valence-corrected chi connectivity index (χ0v) is 10.8. The van der Waals surface area contributed by atoms with Crippen molar-refractivity contribution in [3.63, 3.8) is 0 Å². The lowest BCUT2D eigenvalue weighted by molar-refractivity contribution is -0.122. The number of hydrogen-bond acceptors (Lipinski definition) is 5. The third-order valence-electron chi connectivity index (χ3n) is 3.10. The maximum atomic E-state index is 12.3. The van der Waals surface area contributed by atoms with Gasteiger partial charge in [0.05, 0.1) is 5.92 Å². The smallest absolute Gasteiger partial charge is 0.239 e. The lowest BCUT2D eigenvalue weighted by Gasteiger charge is -2.10. The van der Waals surface area contributed by atoms with E-state index in [2.05, 4.69) is 10.2 Å². The van der Waals surface area contributed by atoms with Gasteiger partial charge in [0.1, 0.15) is 5.51 Å². The average Bonchev–Trinajstić information content (AvgIpc) is 3.01. The van der Waals surface area contributed by atoms with Crippen LogP contribution in [0.1, 0.15) is 12.0 Å². The Morgan fingerprint density at radius 1 is 1.26 bits per heavy atom. The van der Waals surface area contributed by atoms with Crippen molar-refractivity contribution in [2.45, 2.75) is 12.8 Å². The van der Waals surface area contributed by atoms with Crippen molar-refractivity contribution in [3.8, 4) is 0 Å². The molecular formula is C13H11N3O2S. The van der Waals surface area contributed by atoms with E-state index in [1.54, 1.807) is 0 Å². The number of rotatable bonds is 3. The number of aromatic nitrogens is 2. The van der Waals surface area contributed by atoms with Crippen LogP contribution in [0.5, 0.6) is 0 Å². The zero-order chi connectivity index (χ0) is 13.2. The summed E-state index contributed by atoms with van der Waals surface area (Å²) >= 11 is 1.20. The Bertz CT molecular complexity index is 598. The Hall–Kier alpha value is -2.08. The summed E-state index contributed by atoms with van der Waals surface area (Å²) in [6.07, 6.45) is 0.827. The molecule has 1 aliphatic rings. The van der Waals surface area contributed by atoms with E-state index in [9.17, 15) is 9.59 Å². The van der Waals surface area contributed by atoms with Crippen molar-refractivity contribution in [2.75, 3.05) is 4.90 Å². The lowest BCUT2D eigenvalue weighted by atomic mass is 9.98. The van der Waals surface area contributed by atoms with Gasteiger partial charge < -0.3 is 0 Å². The van der Waals surface area contributed by atoms with Gasteiger partial charge in [-0.3, -0.25) is 9.59 Å². The minimum absolute atomic E-state index is 0.175. The lowest BCUT2D eigenvalue weighted by Crippen LogP contribution is -2.30. The number of nitrogens with zero attached hydrogens (tertiary/aromatic N) is 3. The summed E-state index contributed by atoms with van der Waals surface area (Å²) in [5.41, 5.74) is 2.58. The topological polar surface area (TPSA) is 63.2 Å². The third-order valence-corrected chi connectivity index (χ3v) is 3.78. The summed E-state index contributed by atoms with van der Waals surface area (Å²) in [4.78, 5) is 25.3. The predicted molar refractivity (Wildman–Crippen MR) is 70.7 cm³/mol. The molecule has 0 spiro atoms. The van der Waals surface area contributed by atoms with Gasteiger partial charge in [0.25, 0.3) is 0 Å². The monoisotopic (exact) mass is 273 g/mol. The molecule has 0 aliphatic carbocycles. The molecule has 19 heavy (non-hydrogen) atoms. The fourth-order valence-electron chi connectivity index (χ4n) is 2.22. The van der Waals surface area contributed by atoms with Gasteiger partial charge in [-0.2, -0.15) is 0 Å². The van der Waals surface area contributed by atoms with Crippen LogP contribution >= 0.6 is 11.3 Å². The summed E-state index contributed by atoms with van der Waals surface area (Å²) in [5, 5.41) is 7.83. The molecule has 1 atom stereocenters. The summed E-state index contributed by atoms with van der Waals surface area (Å²) in [7, 11) is 0. The molecule has 1 aromatic heterocycles. The van der Waals surface area contributed by atoms with Crippen LogP contribution in [0.2, 0.25) is 0 Å². The standard InChI is InChI=1S/C13H11N3O2S/c17-11-7-10(6-9-4-2-1-3-5-9)12(18)16(11)13-15-14-8-19-13/h1-5,8,10H,6-7H2/t10-/m1/s1. The minimum Gasteiger partial charge on any atom is -0.274 e. The van der Waals surface area contributed by atoms with Gasteiger partial charge >= 0.3 is 0 Å². The molecule has 0 unspecified atom stereocenters. The van der Waals surface area contributed by atoms with Crippen LogP contribution in [0, 0.1) is 5.92 Å². The van der Waals surface area contributed by atoms with Crippen LogP contribution < -0.4 is 4.90 Å². The minimum atomic E-state index is -0.293. The van der Waals surface area contributed by atoms with Gasteiger partial charge in [0.2, 0.25) is 16.9 Å². The van der Waals surface area contributed by atoms with Crippen molar-refractivity contribution < 1.29 is 9.59 Å². The van der Waals surface area contributed by atoms with Crippen LogP contribution in [-0.4, -0.2) is 22.0 Å². The van der Waals surface area contributed by atoms with Crippen LogP contribution in [0.15, 0.2) is 35.8 Å². The van der Waals surface area contributed by atoms with Crippen LogP contribution in [-0.2, 0) is 16.0 Å². The fourth-order valence-corrected chi connectivity index (χ4v) is 2.80. The average molecular weight is 273 g/mol. The number of carbonyl (C=O) groups is 2. The van der Waals surface area contributed by atoms with Crippen LogP contribution in [0.25, 0.3) is 0 Å². The second-order valence-corrected chi connectivity index (χ2v) is 5.19. The highest BCUT2D eigenvalue weighted by atomic mass is 32.1. The fraction of sp³-hybridized carbons (Fsp3) is 0.231. The molecule has 0 radical (unpaired) electrons. The number of carbonyl (C=O) groups excluding carboxylic acids is 2. The van der Waals surface area contributed by atoms with Crippen LogP contribution in [0.4, 0.5) is 5.13 Å². The summed E-state index contributed by atoms with van der Waals surface area (Å²) in [6.45, 7) is 0. The number of hydrogen-bond donors (Lipinski definition) is 0. The van der Waals surface area contributed by atoms with E-state index in [0.717, 1.165) is 10.5 Å². The Labute approximate surface area is 113 Å². The van der Waals surface area contributed by atoms with Crippen molar-refractivity contribution in [1.29, 1.82) is 0 Å². The Morgan fingerprint density at radius 3 is 2.74 bits per heavy atom. The molecule has 1 aromatic carbocycles. The van der Waals surface area contributed by atoms with Gasteiger partial charge in [-0.05, 0) is 12.0 Å². The van der Waals surface area contributed by atoms with Gasteiger partial charge in [-0.1, -0.05) is 41.7 Å². The quantitative estimate of drug-likeness (QED) is 0.798. The summed E-state index contributed by atoms with van der Waals surface area (Å²) < 4.78 is 0. The molecule has 2 aromatic rings. The van der Waals surface area contributed by atoms with Gasteiger partial charge in [0.15, 0.2) is 0 Å². The van der Waals surface area contributed by atoms with E-state index < -0.39 is 0 Å². The number of amides is 2. The Morgan fingerprint density at radius 2 is 2.05 bits per heavy atom. The highest BCUT2D eigenvalue weighted by molar-refractivity contribution is 7.13. The molecular weight excluding hydrogens is 262 g/mol. The Kier molecular flexibility index (Phi) is 3.08. The van der Waals surface area contributed by atoms with E-state index in [4.69, 9.17) is 0 Å². The predicted octanol–water partition coefficient (Wildman–Crippen LogP) is 1.66. The first-order valence-electron chi connectivity index (χ1n) is 5.92. The molecule has 0 bridgehead atoms. The van der Waals surface area contributed by atoms with Crippen molar-refractivity contribution >= 4 is 28.3 Å². The maximum absolute atomic E-state index is 12.3. The normalized spacial score (nSPS) is 19.2. The SMILES string of the molecule is O=C1C[C@@H](Cc2ccccc2)C(=O)N1c1nncs1. The molecule has 3 rings (SSSR count). The van der Waals surface area contributed by atoms with Gasteiger partial charge in [0, 0.05) is 6.42 Å². The van der Waals surface area contributed by atoms with E-state index in [0.29, 0.717) is 11.6 Å². The van der Waals surface area contributed by atoms with E-state index >= 15 is 0 Å². The number of anilines is 1. The van der Waals surface area contributed by atoms with E-state index in [-0.39, 0.29) is 24.2 Å². The summed E-state index contributed by atoms with van der Waals surface area (Å²) in [6, 6.07) is 9.72. The molecule has 6 heteroatoms. The van der Waals surface area contributed by atoms with Crippen molar-refractivity contribution in [1.82, 2.24) is 10.2 Å². The zero-order valence-electron chi connectivity index (χ0n) is 10.0. The third kappa shape index (κ3) is 2.26. The molecule has 2 heterocycles. The first-order chi connectivity index (χ1) is 9.25. The van der Waals surface area contributed by atoms with Crippen LogP contribution in [0.3, 0.4) is 0 Å². The highest BCUT2D eigenvalue weighted by Crippen LogP contribution is 2.29. The maximum Gasteiger partial charge on any atom is 0.239 e. The molecule has 0 saturated carbocycles. The van der Waals surface area contributed by atoms with Crippen molar-refractivity contribution in [2.24, 2.45) is 5.92 Å².